The molecule has 3 heterocycles. The number of thioether (sulfide) groups is 1. The van der Waals surface area contributed by atoms with Crippen LogP contribution in [0.25, 0.3) is 5.52 Å². The van der Waals surface area contributed by atoms with Crippen LogP contribution in [-0.4, -0.2) is 21.7 Å². The number of aromatic nitrogens is 3. The molecule has 0 saturated carbocycles. The first-order chi connectivity index (χ1) is 13.3. The molecule has 8 heteroatoms. The van der Waals surface area contributed by atoms with Crippen molar-refractivity contribution in [1.82, 2.24) is 14.6 Å². The highest BCUT2D eigenvalue weighted by Gasteiger charge is 2.12. The zero-order valence-electron chi connectivity index (χ0n) is 14.4. The molecule has 0 fully saturated rings. The number of pyridine rings is 1. The molecule has 1 aromatic carbocycles. The first-order valence-corrected chi connectivity index (χ1v) is 9.93. The van der Waals surface area contributed by atoms with Gasteiger partial charge in [0.1, 0.15) is 11.8 Å². The number of methoxy groups -OCH3 is 1. The Morgan fingerprint density at radius 3 is 2.85 bits per heavy atom. The Balaban J connectivity index is 1.44. The van der Waals surface area contributed by atoms with Gasteiger partial charge in [-0.3, -0.25) is 0 Å². The van der Waals surface area contributed by atoms with Gasteiger partial charge in [-0.05, 0) is 42.0 Å². The fourth-order valence-corrected chi connectivity index (χ4v) is 4.42. The van der Waals surface area contributed by atoms with Crippen LogP contribution < -0.4 is 10.1 Å². The Morgan fingerprint density at radius 2 is 2.07 bits per heavy atom. The minimum absolute atomic E-state index is 0.668. The van der Waals surface area contributed by atoms with Crippen LogP contribution in [0.5, 0.6) is 5.75 Å². The van der Waals surface area contributed by atoms with Gasteiger partial charge in [0.15, 0.2) is 4.34 Å². The molecule has 0 aliphatic heterocycles. The van der Waals surface area contributed by atoms with Crippen molar-refractivity contribution in [3.63, 3.8) is 0 Å². The third kappa shape index (κ3) is 3.74. The number of nitrogens with zero attached hydrogens (tertiary/aromatic N) is 4. The lowest BCUT2D eigenvalue weighted by Gasteiger charge is -2.03. The lowest BCUT2D eigenvalue weighted by molar-refractivity contribution is 0.415. The molecule has 0 unspecified atom stereocenters. The molecule has 0 aliphatic rings. The summed E-state index contributed by atoms with van der Waals surface area (Å²) in [6, 6.07) is 15.8. The molecule has 0 atom stereocenters. The molecule has 1 N–H and O–H groups in total. The zero-order chi connectivity index (χ0) is 18.6. The molecule has 4 rings (SSSR count). The summed E-state index contributed by atoms with van der Waals surface area (Å²) in [7, 11) is 1.64. The summed E-state index contributed by atoms with van der Waals surface area (Å²) in [5.74, 6) is 1.48. The van der Waals surface area contributed by atoms with Crippen molar-refractivity contribution in [3.05, 3.63) is 66.0 Å². The Morgan fingerprint density at radius 1 is 1.22 bits per heavy atom. The normalized spacial score (nSPS) is 10.7. The zero-order valence-corrected chi connectivity index (χ0v) is 16.0. The number of anilines is 2. The smallest absolute Gasteiger partial charge is 0.210 e. The third-order valence-electron chi connectivity index (χ3n) is 3.97. The second kappa shape index (κ2) is 7.70. The van der Waals surface area contributed by atoms with Crippen molar-refractivity contribution >= 4 is 39.4 Å². The molecule has 0 bridgehead atoms. The lowest BCUT2D eigenvalue weighted by Crippen LogP contribution is -1.89. The van der Waals surface area contributed by atoms with Crippen molar-refractivity contribution in [2.75, 3.05) is 12.4 Å². The molecule has 4 aromatic rings. The molecule has 6 nitrogen and oxygen atoms in total. The summed E-state index contributed by atoms with van der Waals surface area (Å²) in [5, 5.41) is 21.9. The van der Waals surface area contributed by atoms with Crippen LogP contribution in [0, 0.1) is 11.3 Å². The molecular formula is C19H15N5OS2. The molecule has 0 saturated heterocycles. The van der Waals surface area contributed by atoms with E-state index in [1.165, 1.54) is 11.3 Å². The Bertz CT molecular complexity index is 1110. The van der Waals surface area contributed by atoms with Crippen molar-refractivity contribution < 1.29 is 4.74 Å². The Labute approximate surface area is 164 Å². The summed E-state index contributed by atoms with van der Waals surface area (Å²) in [6.45, 7) is 0. The van der Waals surface area contributed by atoms with Crippen molar-refractivity contribution in [2.24, 2.45) is 0 Å². The number of rotatable bonds is 6. The van der Waals surface area contributed by atoms with Gasteiger partial charge in [0.25, 0.3) is 0 Å². The van der Waals surface area contributed by atoms with Gasteiger partial charge < -0.3 is 14.5 Å². The second-order valence-corrected chi connectivity index (χ2v) is 7.85. The van der Waals surface area contributed by atoms with Gasteiger partial charge in [0, 0.05) is 23.8 Å². The molecule has 0 aliphatic carbocycles. The van der Waals surface area contributed by atoms with Crippen LogP contribution in [0.15, 0.2) is 59.2 Å². The van der Waals surface area contributed by atoms with Crippen molar-refractivity contribution in [2.45, 2.75) is 10.1 Å². The predicted molar refractivity (Wildman–Crippen MR) is 108 cm³/mol. The number of ether oxygens (including phenoxy) is 1. The van der Waals surface area contributed by atoms with Crippen LogP contribution in [0.3, 0.4) is 0 Å². The highest BCUT2D eigenvalue weighted by atomic mass is 32.2. The van der Waals surface area contributed by atoms with Gasteiger partial charge in [-0.25, -0.2) is 0 Å². The molecule has 0 spiro atoms. The first-order valence-electron chi connectivity index (χ1n) is 8.13. The largest absolute Gasteiger partial charge is 0.497 e. The van der Waals surface area contributed by atoms with Gasteiger partial charge in [-0.15, -0.1) is 10.2 Å². The van der Waals surface area contributed by atoms with Crippen LogP contribution in [0.4, 0.5) is 10.8 Å². The first kappa shape index (κ1) is 17.4. The SMILES string of the molecule is COc1ccc(Nc2nnc(SCc3cn4ccccc4c3C#N)s2)cc1. The fourth-order valence-electron chi connectivity index (χ4n) is 2.67. The molecule has 0 amide bonds. The molecule has 0 radical (unpaired) electrons. The average Bonchev–Trinajstić information content (AvgIpc) is 3.30. The molecular weight excluding hydrogens is 378 g/mol. The van der Waals surface area contributed by atoms with E-state index in [2.05, 4.69) is 21.6 Å². The topological polar surface area (TPSA) is 75.2 Å². The summed E-state index contributed by atoms with van der Waals surface area (Å²) in [5.41, 5.74) is 3.56. The van der Waals surface area contributed by atoms with E-state index in [1.54, 1.807) is 18.9 Å². The second-order valence-electron chi connectivity index (χ2n) is 5.65. The average molecular weight is 393 g/mol. The number of hydrogen-bond acceptors (Lipinski definition) is 7. The predicted octanol–water partition coefficient (Wildman–Crippen LogP) is 4.71. The van der Waals surface area contributed by atoms with E-state index >= 15 is 0 Å². The van der Waals surface area contributed by atoms with Gasteiger partial charge in [-0.2, -0.15) is 5.26 Å². The Hall–Kier alpha value is -3.02. The maximum Gasteiger partial charge on any atom is 0.210 e. The van der Waals surface area contributed by atoms with Crippen LogP contribution in [0.2, 0.25) is 0 Å². The van der Waals surface area contributed by atoms with Gasteiger partial charge in [0.05, 0.1) is 18.2 Å². The van der Waals surface area contributed by atoms with Crippen LogP contribution in [0.1, 0.15) is 11.1 Å². The van der Waals surface area contributed by atoms with E-state index in [4.69, 9.17) is 4.74 Å². The van der Waals surface area contributed by atoms with Gasteiger partial charge >= 0.3 is 0 Å². The standard InChI is InChI=1S/C19H15N5OS2/c1-25-15-7-5-14(6-8-15)21-18-22-23-19(27-18)26-12-13-11-24-9-3-2-4-17(24)16(13)10-20/h2-9,11H,12H2,1H3,(H,21,22). The highest BCUT2D eigenvalue weighted by Crippen LogP contribution is 2.32. The molecule has 27 heavy (non-hydrogen) atoms. The van der Waals surface area contributed by atoms with E-state index in [0.717, 1.165) is 32.0 Å². The van der Waals surface area contributed by atoms with E-state index in [-0.39, 0.29) is 0 Å². The number of hydrogen-bond donors (Lipinski definition) is 1. The monoisotopic (exact) mass is 393 g/mol. The summed E-state index contributed by atoms with van der Waals surface area (Å²) in [6.07, 6.45) is 3.95. The van der Waals surface area contributed by atoms with Crippen molar-refractivity contribution in [1.29, 1.82) is 5.26 Å². The minimum atomic E-state index is 0.668. The van der Waals surface area contributed by atoms with Gasteiger partial charge in [0.2, 0.25) is 5.13 Å². The maximum absolute atomic E-state index is 9.49. The Kier molecular flexibility index (Phi) is 4.96. The van der Waals surface area contributed by atoms with E-state index in [0.29, 0.717) is 11.3 Å². The van der Waals surface area contributed by atoms with E-state index < -0.39 is 0 Å². The summed E-state index contributed by atoms with van der Waals surface area (Å²) in [4.78, 5) is 0. The number of nitrogens with one attached hydrogen (secondary N) is 1. The summed E-state index contributed by atoms with van der Waals surface area (Å²) >= 11 is 3.06. The third-order valence-corrected chi connectivity index (χ3v) is 5.99. The highest BCUT2D eigenvalue weighted by molar-refractivity contribution is 8.00. The van der Waals surface area contributed by atoms with Crippen molar-refractivity contribution in [3.8, 4) is 11.8 Å². The van der Waals surface area contributed by atoms with Gasteiger partial charge in [-0.1, -0.05) is 29.2 Å². The number of benzene rings is 1. The minimum Gasteiger partial charge on any atom is -0.497 e. The number of fused-ring (bicyclic) bond motifs is 1. The van der Waals surface area contributed by atoms with E-state index in [1.807, 2.05) is 59.3 Å². The lowest BCUT2D eigenvalue weighted by atomic mass is 10.2. The quantitative estimate of drug-likeness (QED) is 0.478. The van der Waals surface area contributed by atoms with E-state index in [9.17, 15) is 5.26 Å². The maximum atomic E-state index is 9.49. The summed E-state index contributed by atoms with van der Waals surface area (Å²) < 4.78 is 7.99. The molecule has 134 valence electrons. The fraction of sp³-hybridized carbons (Fsp3) is 0.105. The van der Waals surface area contributed by atoms with Crippen LogP contribution in [-0.2, 0) is 5.75 Å². The number of nitriles is 1. The molecule has 3 aromatic heterocycles. The van der Waals surface area contributed by atoms with Crippen LogP contribution >= 0.6 is 23.1 Å².